The first kappa shape index (κ1) is 12.6. The van der Waals surface area contributed by atoms with Gasteiger partial charge >= 0.3 is 0 Å². The van der Waals surface area contributed by atoms with Crippen molar-refractivity contribution >= 4 is 23.2 Å². The Morgan fingerprint density at radius 2 is 2.44 bits per heavy atom. The lowest BCUT2D eigenvalue weighted by Crippen LogP contribution is -2.35. The summed E-state index contributed by atoms with van der Waals surface area (Å²) in [5, 5.41) is 5.48. The van der Waals surface area contributed by atoms with E-state index in [4.69, 9.17) is 5.73 Å². The third-order valence-electron chi connectivity index (χ3n) is 2.46. The third kappa shape index (κ3) is 3.09. The van der Waals surface area contributed by atoms with Gasteiger partial charge < -0.3 is 16.4 Å². The fourth-order valence-corrected chi connectivity index (χ4v) is 2.41. The minimum atomic E-state index is -0.165. The van der Waals surface area contributed by atoms with Gasteiger partial charge in [0.25, 0.3) is 5.91 Å². The van der Waals surface area contributed by atoms with Crippen LogP contribution in [0, 0.1) is 11.8 Å². The molecule has 0 aliphatic carbocycles. The van der Waals surface area contributed by atoms with E-state index in [1.54, 1.807) is 12.1 Å². The quantitative estimate of drug-likeness (QED) is 0.639. The van der Waals surface area contributed by atoms with Gasteiger partial charge in [-0.1, -0.05) is 11.8 Å². The summed E-state index contributed by atoms with van der Waals surface area (Å²) < 4.78 is 0. The fraction of sp³-hybridized carbons (Fsp3) is 0.333. The minimum absolute atomic E-state index is 0.0269. The van der Waals surface area contributed by atoms with Gasteiger partial charge in [0, 0.05) is 13.0 Å². The van der Waals surface area contributed by atoms with E-state index >= 15 is 0 Å². The van der Waals surface area contributed by atoms with Crippen LogP contribution in [0.5, 0.6) is 0 Å². The molecule has 0 spiro atoms. The predicted molar refractivity (Wildman–Crippen MR) is 69.1 cm³/mol. The maximum Gasteiger partial charge on any atom is 0.261 e. The summed E-state index contributed by atoms with van der Waals surface area (Å²) in [4.78, 5) is 24.3. The number of hydrogen-bond acceptors (Lipinski definition) is 4. The normalized spacial score (nSPS) is 17.8. The second-order valence-corrected chi connectivity index (χ2v) is 4.93. The lowest BCUT2D eigenvalue weighted by Gasteiger charge is -2.08. The molecule has 1 aliphatic heterocycles. The molecule has 1 aliphatic rings. The molecule has 0 bridgehead atoms. The van der Waals surface area contributed by atoms with E-state index in [2.05, 4.69) is 22.5 Å². The summed E-state index contributed by atoms with van der Waals surface area (Å²) in [5.74, 6) is 5.42. The van der Waals surface area contributed by atoms with Crippen LogP contribution in [0.3, 0.4) is 0 Å². The van der Waals surface area contributed by atoms with Crippen molar-refractivity contribution in [2.75, 3.05) is 13.1 Å². The lowest BCUT2D eigenvalue weighted by atomic mass is 10.2. The molecule has 6 heteroatoms. The van der Waals surface area contributed by atoms with Crippen LogP contribution in [0.1, 0.15) is 21.0 Å². The van der Waals surface area contributed by atoms with E-state index in [-0.39, 0.29) is 17.9 Å². The van der Waals surface area contributed by atoms with Crippen molar-refractivity contribution in [3.05, 3.63) is 21.9 Å². The number of thiophene rings is 1. The summed E-state index contributed by atoms with van der Waals surface area (Å²) in [6, 6.07) is 3.40. The standard InChI is InChI=1S/C12H13N3O2S/c13-5-1-2-9-3-4-10(18-9)12(17)15-8-6-11(16)14-7-8/h3-4,8H,5-7,13H2,(H,14,16)(H,15,17). The molecule has 1 unspecified atom stereocenters. The monoisotopic (exact) mass is 263 g/mol. The first-order valence-electron chi connectivity index (χ1n) is 5.55. The number of hydrogen-bond donors (Lipinski definition) is 3. The molecule has 1 aromatic heterocycles. The van der Waals surface area contributed by atoms with E-state index in [1.165, 1.54) is 11.3 Å². The number of rotatable bonds is 2. The van der Waals surface area contributed by atoms with Gasteiger partial charge in [0.15, 0.2) is 0 Å². The Labute approximate surface area is 109 Å². The summed E-state index contributed by atoms with van der Waals surface area (Å²) in [6.07, 6.45) is 0.344. The highest BCUT2D eigenvalue weighted by molar-refractivity contribution is 7.14. The molecular formula is C12H13N3O2S. The number of carbonyl (C=O) groups is 2. The summed E-state index contributed by atoms with van der Waals surface area (Å²) >= 11 is 1.32. The van der Waals surface area contributed by atoms with Crippen molar-refractivity contribution in [3.8, 4) is 11.8 Å². The summed E-state index contributed by atoms with van der Waals surface area (Å²) in [7, 11) is 0. The van der Waals surface area contributed by atoms with Crippen LogP contribution >= 0.6 is 11.3 Å². The SMILES string of the molecule is NCC#Cc1ccc(C(=O)NC2CNC(=O)C2)s1. The second-order valence-electron chi connectivity index (χ2n) is 3.85. The number of nitrogens with two attached hydrogens (primary N) is 1. The zero-order valence-electron chi connectivity index (χ0n) is 9.66. The molecule has 2 heterocycles. The van der Waals surface area contributed by atoms with E-state index in [0.717, 1.165) is 4.88 Å². The van der Waals surface area contributed by atoms with E-state index in [9.17, 15) is 9.59 Å². The highest BCUT2D eigenvalue weighted by Crippen LogP contribution is 2.15. The Bertz CT molecular complexity index is 527. The van der Waals surface area contributed by atoms with Crippen LogP contribution in [-0.4, -0.2) is 30.9 Å². The molecular weight excluding hydrogens is 250 g/mol. The van der Waals surface area contributed by atoms with Crippen molar-refractivity contribution < 1.29 is 9.59 Å². The first-order valence-corrected chi connectivity index (χ1v) is 6.37. The van der Waals surface area contributed by atoms with Gasteiger partial charge in [-0.2, -0.15) is 0 Å². The van der Waals surface area contributed by atoms with Gasteiger partial charge in [-0.25, -0.2) is 0 Å². The van der Waals surface area contributed by atoms with Crippen LogP contribution in [-0.2, 0) is 4.79 Å². The van der Waals surface area contributed by atoms with Crippen molar-refractivity contribution in [2.24, 2.45) is 5.73 Å². The van der Waals surface area contributed by atoms with Crippen LogP contribution in [0.25, 0.3) is 0 Å². The molecule has 4 N–H and O–H groups in total. The Morgan fingerprint density at radius 3 is 3.11 bits per heavy atom. The van der Waals surface area contributed by atoms with E-state index < -0.39 is 0 Å². The Kier molecular flexibility index (Phi) is 3.97. The smallest absolute Gasteiger partial charge is 0.261 e. The van der Waals surface area contributed by atoms with Crippen LogP contribution in [0.2, 0.25) is 0 Å². The molecule has 5 nitrogen and oxygen atoms in total. The maximum absolute atomic E-state index is 11.9. The Morgan fingerprint density at radius 1 is 1.61 bits per heavy atom. The molecule has 94 valence electrons. The average molecular weight is 263 g/mol. The fourth-order valence-electron chi connectivity index (χ4n) is 1.63. The van der Waals surface area contributed by atoms with Crippen LogP contribution in [0.15, 0.2) is 12.1 Å². The molecule has 0 radical (unpaired) electrons. The van der Waals surface area contributed by atoms with Gasteiger partial charge in [0.05, 0.1) is 22.3 Å². The average Bonchev–Trinajstić information content (AvgIpc) is 2.96. The largest absolute Gasteiger partial charge is 0.354 e. The van der Waals surface area contributed by atoms with Crippen molar-refractivity contribution in [1.82, 2.24) is 10.6 Å². The molecule has 18 heavy (non-hydrogen) atoms. The molecule has 1 aromatic rings. The minimum Gasteiger partial charge on any atom is -0.354 e. The zero-order valence-corrected chi connectivity index (χ0v) is 10.5. The predicted octanol–water partition coefficient (Wildman–Crippen LogP) is -0.323. The molecule has 2 amide bonds. The third-order valence-corrected chi connectivity index (χ3v) is 3.46. The summed E-state index contributed by atoms with van der Waals surface area (Å²) in [6.45, 7) is 0.797. The van der Waals surface area contributed by atoms with Crippen molar-refractivity contribution in [2.45, 2.75) is 12.5 Å². The highest BCUT2D eigenvalue weighted by Gasteiger charge is 2.23. The van der Waals surface area contributed by atoms with Gasteiger partial charge in [-0.05, 0) is 12.1 Å². The van der Waals surface area contributed by atoms with Crippen LogP contribution in [0.4, 0.5) is 0 Å². The molecule has 0 saturated carbocycles. The number of amides is 2. The molecule has 2 rings (SSSR count). The van der Waals surface area contributed by atoms with E-state index in [0.29, 0.717) is 24.4 Å². The van der Waals surface area contributed by atoms with E-state index in [1.807, 2.05) is 0 Å². The maximum atomic E-state index is 11.9. The van der Waals surface area contributed by atoms with Crippen molar-refractivity contribution in [1.29, 1.82) is 0 Å². The van der Waals surface area contributed by atoms with Crippen molar-refractivity contribution in [3.63, 3.8) is 0 Å². The number of nitrogens with one attached hydrogen (secondary N) is 2. The lowest BCUT2D eigenvalue weighted by molar-refractivity contribution is -0.119. The molecule has 0 aromatic carbocycles. The Hall–Kier alpha value is -1.84. The molecule has 1 atom stereocenters. The zero-order chi connectivity index (χ0) is 13.0. The molecule has 1 fully saturated rings. The summed E-state index contributed by atoms with van der Waals surface area (Å²) in [5.41, 5.74) is 5.28. The first-order chi connectivity index (χ1) is 8.69. The highest BCUT2D eigenvalue weighted by atomic mass is 32.1. The topological polar surface area (TPSA) is 84.2 Å². The van der Waals surface area contributed by atoms with Gasteiger partial charge in [0.1, 0.15) is 0 Å². The number of carbonyl (C=O) groups excluding carboxylic acids is 2. The Balaban J connectivity index is 1.96. The van der Waals surface area contributed by atoms with Gasteiger partial charge in [-0.15, -0.1) is 11.3 Å². The van der Waals surface area contributed by atoms with Gasteiger partial charge in [-0.3, -0.25) is 9.59 Å². The van der Waals surface area contributed by atoms with Crippen LogP contribution < -0.4 is 16.4 Å². The second kappa shape index (κ2) is 5.67. The van der Waals surface area contributed by atoms with Gasteiger partial charge in [0.2, 0.25) is 5.91 Å². The molecule has 1 saturated heterocycles.